The zero-order valence-corrected chi connectivity index (χ0v) is 13.5. The summed E-state index contributed by atoms with van der Waals surface area (Å²) in [7, 11) is -2.77. The number of rotatable bonds is 3. The van der Waals surface area contributed by atoms with E-state index in [0.717, 1.165) is 11.1 Å². The average Bonchev–Trinajstić information content (AvgIpc) is 2.34. The molecule has 20 heavy (non-hydrogen) atoms. The second-order valence-electron chi connectivity index (χ2n) is 5.11. The van der Waals surface area contributed by atoms with Gasteiger partial charge in [-0.3, -0.25) is 9.10 Å². The Morgan fingerprint density at radius 1 is 1.35 bits per heavy atom. The summed E-state index contributed by atoms with van der Waals surface area (Å²) < 4.78 is 24.7. The summed E-state index contributed by atoms with van der Waals surface area (Å²) in [5, 5.41) is 2.73. The Kier molecular flexibility index (Phi) is 5.16. The molecule has 0 aromatic rings. The quantitative estimate of drug-likeness (QED) is 0.776. The van der Waals surface area contributed by atoms with Gasteiger partial charge in [0.2, 0.25) is 16.8 Å². The van der Waals surface area contributed by atoms with Crippen molar-refractivity contribution in [3.8, 4) is 0 Å². The average molecular weight is 298 g/mol. The van der Waals surface area contributed by atoms with Crippen LogP contribution < -0.4 is 5.32 Å². The van der Waals surface area contributed by atoms with Crippen LogP contribution in [-0.2, 0) is 15.7 Å². The summed E-state index contributed by atoms with van der Waals surface area (Å²) >= 11 is 0. The number of nitrogens with one attached hydrogen (secondary N) is 1. The lowest BCUT2D eigenvalue weighted by Crippen LogP contribution is -2.49. The van der Waals surface area contributed by atoms with Crippen molar-refractivity contribution >= 4 is 16.8 Å². The van der Waals surface area contributed by atoms with Gasteiger partial charge in [-0.25, -0.2) is 8.42 Å². The van der Waals surface area contributed by atoms with Crippen molar-refractivity contribution < 1.29 is 13.2 Å². The van der Waals surface area contributed by atoms with Crippen molar-refractivity contribution in [1.29, 1.82) is 0 Å². The highest BCUT2D eigenvalue weighted by Crippen LogP contribution is 2.37. The van der Waals surface area contributed by atoms with Crippen molar-refractivity contribution in [2.45, 2.75) is 40.2 Å². The molecular weight excluding hydrogens is 276 g/mol. The summed E-state index contributed by atoms with van der Waals surface area (Å²) in [6.07, 6.45) is 5.60. The van der Waals surface area contributed by atoms with Gasteiger partial charge in [0.25, 0.3) is 0 Å². The summed E-state index contributed by atoms with van der Waals surface area (Å²) in [6, 6.07) is 0. The highest BCUT2D eigenvalue weighted by molar-refractivity contribution is 7.70. The van der Waals surface area contributed by atoms with Gasteiger partial charge >= 0.3 is 0 Å². The molecule has 0 saturated carbocycles. The number of carbonyl (C=O) groups excluding carboxylic acids is 1. The molecule has 0 aromatic heterocycles. The molecule has 0 unspecified atom stereocenters. The smallest absolute Gasteiger partial charge is 0.225 e. The first kappa shape index (κ1) is 16.5. The third kappa shape index (κ3) is 3.12. The van der Waals surface area contributed by atoms with E-state index < -0.39 is 16.4 Å². The van der Waals surface area contributed by atoms with Crippen LogP contribution in [0.25, 0.3) is 0 Å². The van der Waals surface area contributed by atoms with Gasteiger partial charge in [-0.05, 0) is 44.9 Å². The van der Waals surface area contributed by atoms with Crippen LogP contribution in [0.15, 0.2) is 35.1 Å². The van der Waals surface area contributed by atoms with E-state index in [-0.39, 0.29) is 5.91 Å². The molecule has 0 bridgehead atoms. The number of hydrogen-bond donors (Lipinski definition) is 2. The normalized spacial score (nSPS) is 22.3. The summed E-state index contributed by atoms with van der Waals surface area (Å²) in [5.74, 6) is -0.140. The minimum Gasteiger partial charge on any atom is -0.352 e. The molecule has 0 atom stereocenters. The molecule has 0 aromatic carbocycles. The minimum atomic E-state index is -2.77. The summed E-state index contributed by atoms with van der Waals surface area (Å²) in [5.41, 5.74) is 1.66. The zero-order chi connectivity index (χ0) is 15.5. The van der Waals surface area contributed by atoms with Crippen LogP contribution in [0.3, 0.4) is 0 Å². The van der Waals surface area contributed by atoms with Crippen LogP contribution in [-0.4, -0.2) is 30.7 Å². The number of nitrogens with zero attached hydrogens (tertiary/aromatic N) is 1. The predicted octanol–water partition coefficient (Wildman–Crippen LogP) is 1.52. The monoisotopic (exact) mass is 298 g/mol. The van der Waals surface area contributed by atoms with Gasteiger partial charge < -0.3 is 5.32 Å². The molecule has 1 heterocycles. The van der Waals surface area contributed by atoms with Crippen molar-refractivity contribution in [2.75, 3.05) is 6.54 Å². The predicted molar refractivity (Wildman–Crippen MR) is 80.5 cm³/mol. The molecule has 1 amide bonds. The van der Waals surface area contributed by atoms with E-state index >= 15 is 0 Å². The van der Waals surface area contributed by atoms with Crippen LogP contribution in [0.1, 0.15) is 34.6 Å². The lowest BCUT2D eigenvalue weighted by Gasteiger charge is -2.43. The standard InChI is InChI=1S/C14H22N2O3S/c1-6-11-8-12(9-15-10(3)17)14(4,5)16(20(18)19)13(11)7-2/h6-8,20H,9H2,1-5H3,(H,15,17)/b11-6-,13-7+. The zero-order valence-electron chi connectivity index (χ0n) is 12.6. The third-order valence-electron chi connectivity index (χ3n) is 3.44. The number of thiol groups is 1. The van der Waals surface area contributed by atoms with Crippen LogP contribution in [0.5, 0.6) is 0 Å². The maximum absolute atomic E-state index is 11.7. The lowest BCUT2D eigenvalue weighted by atomic mass is 9.86. The van der Waals surface area contributed by atoms with Gasteiger partial charge in [0, 0.05) is 13.5 Å². The molecule has 0 saturated heterocycles. The van der Waals surface area contributed by atoms with Crippen molar-refractivity contribution in [1.82, 2.24) is 9.62 Å². The summed E-state index contributed by atoms with van der Waals surface area (Å²) in [6.45, 7) is 9.11. The Morgan fingerprint density at radius 2 is 1.95 bits per heavy atom. The maximum atomic E-state index is 11.7. The van der Waals surface area contributed by atoms with E-state index in [1.807, 2.05) is 39.8 Å². The van der Waals surface area contributed by atoms with Crippen LogP contribution in [0, 0.1) is 0 Å². The van der Waals surface area contributed by atoms with E-state index in [1.54, 1.807) is 6.08 Å². The maximum Gasteiger partial charge on any atom is 0.225 e. The molecule has 0 radical (unpaired) electrons. The van der Waals surface area contributed by atoms with Crippen molar-refractivity contribution in [2.24, 2.45) is 0 Å². The molecule has 1 aliphatic heterocycles. The van der Waals surface area contributed by atoms with E-state index in [4.69, 9.17) is 0 Å². The highest BCUT2D eigenvalue weighted by atomic mass is 32.2. The molecule has 1 N–H and O–H groups in total. The van der Waals surface area contributed by atoms with Crippen LogP contribution in [0.2, 0.25) is 0 Å². The molecule has 5 nitrogen and oxygen atoms in total. The van der Waals surface area contributed by atoms with Gasteiger partial charge in [-0.1, -0.05) is 12.2 Å². The number of amides is 1. The molecule has 0 fully saturated rings. The Labute approximate surface area is 122 Å². The lowest BCUT2D eigenvalue weighted by molar-refractivity contribution is -0.118. The van der Waals surface area contributed by atoms with Gasteiger partial charge in [-0.2, -0.15) is 0 Å². The van der Waals surface area contributed by atoms with E-state index in [9.17, 15) is 13.2 Å². The second kappa shape index (κ2) is 6.26. The van der Waals surface area contributed by atoms with E-state index in [1.165, 1.54) is 11.2 Å². The fourth-order valence-electron chi connectivity index (χ4n) is 2.30. The first-order valence-electron chi connectivity index (χ1n) is 6.48. The van der Waals surface area contributed by atoms with Gasteiger partial charge in [-0.15, -0.1) is 0 Å². The van der Waals surface area contributed by atoms with Crippen LogP contribution >= 0.6 is 0 Å². The number of allylic oxidation sites excluding steroid dienone is 3. The number of hydrogen-bond acceptors (Lipinski definition) is 3. The minimum absolute atomic E-state index is 0.140. The fraction of sp³-hybridized carbons (Fsp3) is 0.500. The van der Waals surface area contributed by atoms with Gasteiger partial charge in [0.1, 0.15) is 0 Å². The van der Waals surface area contributed by atoms with Crippen molar-refractivity contribution in [3.05, 3.63) is 35.1 Å². The molecule has 0 aliphatic carbocycles. The fourth-order valence-corrected chi connectivity index (χ4v) is 3.24. The highest BCUT2D eigenvalue weighted by Gasteiger charge is 2.38. The van der Waals surface area contributed by atoms with Crippen molar-refractivity contribution in [3.63, 3.8) is 0 Å². The first-order chi connectivity index (χ1) is 9.25. The Bertz CT molecular complexity index is 561. The van der Waals surface area contributed by atoms with E-state index in [0.29, 0.717) is 12.2 Å². The van der Waals surface area contributed by atoms with Gasteiger partial charge in [0.15, 0.2) is 0 Å². The molecule has 1 aliphatic rings. The molecule has 0 spiro atoms. The van der Waals surface area contributed by atoms with E-state index in [2.05, 4.69) is 5.32 Å². The second-order valence-corrected chi connectivity index (χ2v) is 5.98. The largest absolute Gasteiger partial charge is 0.352 e. The van der Waals surface area contributed by atoms with Gasteiger partial charge in [0.05, 0.1) is 11.2 Å². The third-order valence-corrected chi connectivity index (χ3v) is 4.49. The number of carbonyl (C=O) groups is 1. The van der Waals surface area contributed by atoms with Crippen LogP contribution in [0.4, 0.5) is 0 Å². The Hall–Kier alpha value is -1.56. The molecule has 6 heteroatoms. The molecular formula is C14H22N2O3S. The first-order valence-corrected chi connectivity index (χ1v) is 7.61. The molecule has 1 rings (SSSR count). The molecule has 112 valence electrons. The summed E-state index contributed by atoms with van der Waals surface area (Å²) in [4.78, 5) is 11.1. The Balaban J connectivity index is 3.37. The SMILES string of the molecule is C/C=C1/C=C(CNC(C)=O)C(C)(C)N([SH](=O)=O)/C1=C/C. The topological polar surface area (TPSA) is 66.5 Å². The Morgan fingerprint density at radius 3 is 2.35 bits per heavy atom.